The molecule has 3 N–H and O–H groups in total. The Hall–Kier alpha value is -0.270. The maximum absolute atomic E-state index is 11.3. The topological polar surface area (TPSA) is 80.4 Å². The van der Waals surface area contributed by atoms with Crippen LogP contribution < -0.4 is 5.73 Å². The Morgan fingerprint density at radius 1 is 1.44 bits per heavy atom. The third kappa shape index (κ3) is 2.68. The first-order valence-electron chi connectivity index (χ1n) is 1.85. The summed E-state index contributed by atoms with van der Waals surface area (Å²) in [5, 5.41) is -2.49. The van der Waals surface area contributed by atoms with Crippen LogP contribution in [0.25, 0.3) is 0 Å². The van der Waals surface area contributed by atoms with E-state index in [2.05, 4.69) is 5.73 Å². The molecule has 0 aliphatic heterocycles. The molecule has 0 amide bonds. The summed E-state index contributed by atoms with van der Waals surface area (Å²) in [5.74, 6) is 0. The van der Waals surface area contributed by atoms with Gasteiger partial charge in [0.15, 0.2) is 5.37 Å². The lowest BCUT2D eigenvalue weighted by Gasteiger charge is -2.04. The van der Waals surface area contributed by atoms with E-state index in [0.717, 1.165) is 0 Å². The van der Waals surface area contributed by atoms with E-state index >= 15 is 0 Å². The summed E-state index contributed by atoms with van der Waals surface area (Å²) in [5.41, 5.74) is 4.31. The van der Waals surface area contributed by atoms with Gasteiger partial charge >= 0.3 is 0 Å². The van der Waals surface area contributed by atoms with Crippen molar-refractivity contribution in [3.05, 3.63) is 0 Å². The molecule has 56 valence electrons. The highest BCUT2D eigenvalue weighted by Gasteiger charge is 2.27. The molecule has 0 saturated heterocycles. The van der Waals surface area contributed by atoms with Gasteiger partial charge in [-0.3, -0.25) is 4.55 Å². The molecule has 0 aliphatic rings. The smallest absolute Gasteiger partial charge is 0.286 e. The fraction of sp³-hybridized carbons (Fsp3) is 1.00. The molecular formula is C2H5F2NO3S. The van der Waals surface area contributed by atoms with Gasteiger partial charge in [0.1, 0.15) is 0 Å². The van der Waals surface area contributed by atoms with Crippen molar-refractivity contribution in [3.63, 3.8) is 0 Å². The van der Waals surface area contributed by atoms with Gasteiger partial charge in [0.05, 0.1) is 0 Å². The minimum Gasteiger partial charge on any atom is -0.308 e. The van der Waals surface area contributed by atoms with Crippen molar-refractivity contribution in [2.24, 2.45) is 5.73 Å². The Bertz CT molecular complexity index is 176. The van der Waals surface area contributed by atoms with E-state index in [0.29, 0.717) is 0 Å². The molecule has 0 heterocycles. The van der Waals surface area contributed by atoms with Crippen molar-refractivity contribution in [3.8, 4) is 0 Å². The number of hydrogen-bond acceptors (Lipinski definition) is 3. The molecule has 0 aliphatic carbocycles. The summed E-state index contributed by atoms with van der Waals surface area (Å²) in [7, 11) is -4.77. The molecule has 0 fully saturated rings. The maximum Gasteiger partial charge on any atom is 0.286 e. The molecule has 9 heavy (non-hydrogen) atoms. The summed E-state index contributed by atoms with van der Waals surface area (Å²) in [6.45, 7) is 0. The van der Waals surface area contributed by atoms with Gasteiger partial charge in [-0.15, -0.1) is 0 Å². The van der Waals surface area contributed by atoms with Gasteiger partial charge in [-0.25, -0.2) is 8.78 Å². The molecule has 0 saturated carbocycles. The predicted molar refractivity (Wildman–Crippen MR) is 25.5 cm³/mol. The molecule has 0 rings (SSSR count). The highest BCUT2D eigenvalue weighted by molar-refractivity contribution is 7.86. The third-order valence-corrected chi connectivity index (χ3v) is 1.49. The molecule has 0 spiro atoms. The molecule has 7 heteroatoms. The lowest BCUT2D eigenvalue weighted by atomic mass is 10.7. The maximum atomic E-state index is 11.3. The second kappa shape index (κ2) is 2.54. The largest absolute Gasteiger partial charge is 0.308 e. The monoisotopic (exact) mass is 161 g/mol. The van der Waals surface area contributed by atoms with Crippen LogP contribution in [0.4, 0.5) is 8.78 Å². The molecule has 0 bridgehead atoms. The lowest BCUT2D eigenvalue weighted by molar-refractivity contribution is 0.140. The fourth-order valence-corrected chi connectivity index (χ4v) is 0.390. The van der Waals surface area contributed by atoms with Crippen LogP contribution in [0.3, 0.4) is 0 Å². The van der Waals surface area contributed by atoms with Crippen molar-refractivity contribution in [1.82, 2.24) is 0 Å². The van der Waals surface area contributed by atoms with E-state index in [-0.39, 0.29) is 0 Å². The second-order valence-corrected chi connectivity index (χ2v) is 2.89. The number of nitrogens with two attached hydrogens (primary N) is 1. The van der Waals surface area contributed by atoms with Crippen molar-refractivity contribution in [2.45, 2.75) is 11.8 Å². The minimum atomic E-state index is -4.77. The number of rotatable bonds is 2. The first kappa shape index (κ1) is 8.73. The quantitative estimate of drug-likeness (QED) is 0.531. The summed E-state index contributed by atoms with van der Waals surface area (Å²) in [6.07, 6.45) is -3.25. The fourth-order valence-electron chi connectivity index (χ4n) is 0.130. The van der Waals surface area contributed by atoms with E-state index < -0.39 is 21.9 Å². The summed E-state index contributed by atoms with van der Waals surface area (Å²) >= 11 is 0. The number of halogens is 2. The lowest BCUT2D eigenvalue weighted by Crippen LogP contribution is -2.36. The van der Waals surface area contributed by atoms with Crippen LogP contribution in [0.5, 0.6) is 0 Å². The Morgan fingerprint density at radius 2 is 1.78 bits per heavy atom. The van der Waals surface area contributed by atoms with E-state index in [9.17, 15) is 17.2 Å². The first-order valence-corrected chi connectivity index (χ1v) is 3.36. The third-order valence-electron chi connectivity index (χ3n) is 0.592. The van der Waals surface area contributed by atoms with Crippen LogP contribution >= 0.6 is 0 Å². The summed E-state index contributed by atoms with van der Waals surface area (Å²) in [6, 6.07) is 0. The van der Waals surface area contributed by atoms with Crippen molar-refractivity contribution < 1.29 is 21.8 Å². The van der Waals surface area contributed by atoms with Crippen LogP contribution in [-0.2, 0) is 10.1 Å². The Morgan fingerprint density at radius 3 is 1.78 bits per heavy atom. The van der Waals surface area contributed by atoms with E-state index in [4.69, 9.17) is 4.55 Å². The second-order valence-electron chi connectivity index (χ2n) is 1.31. The van der Waals surface area contributed by atoms with Gasteiger partial charge in [-0.2, -0.15) is 8.42 Å². The molecule has 0 aromatic heterocycles. The molecule has 1 atom stereocenters. The first-order chi connectivity index (χ1) is 3.85. The van der Waals surface area contributed by atoms with Crippen LogP contribution in [0.1, 0.15) is 0 Å². The zero-order valence-electron chi connectivity index (χ0n) is 4.16. The van der Waals surface area contributed by atoms with Crippen LogP contribution in [0.15, 0.2) is 0 Å². The number of alkyl halides is 2. The highest BCUT2D eigenvalue weighted by atomic mass is 32.2. The van der Waals surface area contributed by atoms with E-state index in [1.54, 1.807) is 0 Å². The summed E-state index contributed by atoms with van der Waals surface area (Å²) in [4.78, 5) is 0. The Labute approximate surface area is 50.4 Å². The molecule has 0 aromatic carbocycles. The van der Waals surface area contributed by atoms with E-state index in [1.165, 1.54) is 0 Å². The van der Waals surface area contributed by atoms with Crippen LogP contribution in [0, 0.1) is 0 Å². The van der Waals surface area contributed by atoms with Gasteiger partial charge in [-0.05, 0) is 0 Å². The van der Waals surface area contributed by atoms with Crippen LogP contribution in [0.2, 0.25) is 0 Å². The van der Waals surface area contributed by atoms with Gasteiger partial charge in [0.2, 0.25) is 0 Å². The molecular weight excluding hydrogens is 156 g/mol. The molecule has 4 nitrogen and oxygen atoms in total. The van der Waals surface area contributed by atoms with Gasteiger partial charge in [0, 0.05) is 0 Å². The normalized spacial score (nSPS) is 16.1. The Kier molecular flexibility index (Phi) is 2.47. The minimum absolute atomic E-state index is 2.49. The average molecular weight is 161 g/mol. The van der Waals surface area contributed by atoms with Crippen molar-refractivity contribution >= 4 is 10.1 Å². The standard InChI is InChI=1S/C2H5F2NO3S/c3-1(4)2(5)9(6,7)8/h1-2H,5H2,(H,6,7,8). The Balaban J connectivity index is 4.24. The molecule has 1 unspecified atom stereocenters. The molecule has 0 aromatic rings. The zero-order chi connectivity index (χ0) is 7.65. The highest BCUT2D eigenvalue weighted by Crippen LogP contribution is 2.02. The van der Waals surface area contributed by atoms with Gasteiger partial charge < -0.3 is 5.73 Å². The molecule has 0 radical (unpaired) electrons. The zero-order valence-corrected chi connectivity index (χ0v) is 4.98. The van der Waals surface area contributed by atoms with Crippen molar-refractivity contribution in [1.29, 1.82) is 0 Å². The SMILES string of the molecule is NC(C(F)F)S(=O)(=O)O. The van der Waals surface area contributed by atoms with Gasteiger partial charge in [0.25, 0.3) is 16.5 Å². The number of hydrogen-bond donors (Lipinski definition) is 2. The average Bonchev–Trinajstić information content (AvgIpc) is 1.62. The van der Waals surface area contributed by atoms with E-state index in [1.807, 2.05) is 0 Å². The van der Waals surface area contributed by atoms with Gasteiger partial charge in [-0.1, -0.05) is 0 Å². The van der Waals surface area contributed by atoms with Crippen molar-refractivity contribution in [2.75, 3.05) is 0 Å². The predicted octanol–water partition coefficient (Wildman–Crippen LogP) is -0.576. The summed E-state index contributed by atoms with van der Waals surface area (Å²) < 4.78 is 49.8. The van der Waals surface area contributed by atoms with Crippen LogP contribution in [-0.4, -0.2) is 24.8 Å².